The monoisotopic (exact) mass is 237 g/mol. The van der Waals surface area contributed by atoms with Crippen LogP contribution in [0.2, 0.25) is 0 Å². The molecule has 0 fully saturated rings. The van der Waals surface area contributed by atoms with Gasteiger partial charge in [-0.25, -0.2) is 4.99 Å². The summed E-state index contributed by atoms with van der Waals surface area (Å²) in [6.07, 6.45) is 0. The molecule has 0 atom stereocenters. The molecule has 90 valence electrons. The Kier molecular flexibility index (Phi) is 2.63. The number of aliphatic imine (C=N–C) groups is 1. The summed E-state index contributed by atoms with van der Waals surface area (Å²) in [5.74, 6) is 0.872. The zero-order valence-corrected chi connectivity index (χ0v) is 10.6. The van der Waals surface area contributed by atoms with Gasteiger partial charge in [-0.05, 0) is 37.1 Å². The highest BCUT2D eigenvalue weighted by molar-refractivity contribution is 6.04. The van der Waals surface area contributed by atoms with E-state index in [1.165, 1.54) is 11.1 Å². The number of rotatable bonds is 1. The van der Waals surface area contributed by atoms with Crippen LogP contribution in [-0.2, 0) is 0 Å². The standard InChI is InChI=1S/C16H15NO/c1-11-3-6-13(7-4-11)15-10-18-16-8-5-12(2)9-14(16)17-15/h3-9H,10H2,1-2H3. The van der Waals surface area contributed by atoms with Crippen molar-refractivity contribution < 1.29 is 4.74 Å². The van der Waals surface area contributed by atoms with Gasteiger partial charge in [0.25, 0.3) is 0 Å². The van der Waals surface area contributed by atoms with E-state index in [4.69, 9.17) is 9.73 Å². The number of nitrogens with zero attached hydrogens (tertiary/aromatic N) is 1. The Morgan fingerprint density at radius 2 is 1.67 bits per heavy atom. The number of hydrogen-bond donors (Lipinski definition) is 0. The summed E-state index contributed by atoms with van der Waals surface area (Å²) >= 11 is 0. The van der Waals surface area contributed by atoms with Crippen LogP contribution < -0.4 is 4.74 Å². The summed E-state index contributed by atoms with van der Waals surface area (Å²) in [6, 6.07) is 14.5. The minimum Gasteiger partial charge on any atom is -0.485 e. The zero-order chi connectivity index (χ0) is 12.5. The predicted molar refractivity (Wildman–Crippen MR) is 74.1 cm³/mol. The normalized spacial score (nSPS) is 13.6. The van der Waals surface area contributed by atoms with Gasteiger partial charge < -0.3 is 4.74 Å². The first kappa shape index (κ1) is 11.0. The molecule has 0 saturated heterocycles. The summed E-state index contributed by atoms with van der Waals surface area (Å²) in [5, 5.41) is 0. The molecule has 0 aliphatic carbocycles. The molecule has 0 unspecified atom stereocenters. The van der Waals surface area contributed by atoms with E-state index in [1.54, 1.807) is 0 Å². The summed E-state index contributed by atoms with van der Waals surface area (Å²) < 4.78 is 5.74. The molecule has 1 heterocycles. The van der Waals surface area contributed by atoms with E-state index >= 15 is 0 Å². The van der Waals surface area contributed by atoms with Crippen molar-refractivity contribution in [2.75, 3.05) is 6.61 Å². The summed E-state index contributed by atoms with van der Waals surface area (Å²) in [4.78, 5) is 4.70. The molecular formula is C16H15NO. The summed E-state index contributed by atoms with van der Waals surface area (Å²) in [5.41, 5.74) is 5.51. The lowest BCUT2D eigenvalue weighted by Gasteiger charge is -2.17. The Morgan fingerprint density at radius 3 is 2.44 bits per heavy atom. The van der Waals surface area contributed by atoms with E-state index in [9.17, 15) is 0 Å². The minimum absolute atomic E-state index is 0.541. The first-order valence-electron chi connectivity index (χ1n) is 6.10. The molecule has 18 heavy (non-hydrogen) atoms. The van der Waals surface area contributed by atoms with Crippen LogP contribution in [0.1, 0.15) is 16.7 Å². The molecule has 0 bridgehead atoms. The van der Waals surface area contributed by atoms with Gasteiger partial charge >= 0.3 is 0 Å². The van der Waals surface area contributed by atoms with Gasteiger partial charge in [-0.1, -0.05) is 35.9 Å². The fourth-order valence-electron chi connectivity index (χ4n) is 2.05. The van der Waals surface area contributed by atoms with Gasteiger partial charge in [0, 0.05) is 0 Å². The zero-order valence-electron chi connectivity index (χ0n) is 10.6. The van der Waals surface area contributed by atoms with Crippen molar-refractivity contribution in [1.82, 2.24) is 0 Å². The topological polar surface area (TPSA) is 21.6 Å². The van der Waals surface area contributed by atoms with Crippen LogP contribution in [0, 0.1) is 13.8 Å². The van der Waals surface area contributed by atoms with Crippen LogP contribution in [0.15, 0.2) is 47.5 Å². The molecule has 2 aromatic carbocycles. The van der Waals surface area contributed by atoms with Gasteiger partial charge in [0.05, 0.1) is 5.71 Å². The molecular weight excluding hydrogens is 222 g/mol. The highest BCUT2D eigenvalue weighted by Crippen LogP contribution is 2.32. The van der Waals surface area contributed by atoms with Crippen LogP contribution in [-0.4, -0.2) is 12.3 Å². The molecule has 2 heteroatoms. The number of aryl methyl sites for hydroxylation is 2. The molecule has 0 spiro atoms. The second kappa shape index (κ2) is 4.30. The number of hydrogen-bond acceptors (Lipinski definition) is 2. The SMILES string of the molecule is Cc1ccc(C2=Nc3cc(C)ccc3OC2)cc1. The quantitative estimate of drug-likeness (QED) is 0.739. The Hall–Kier alpha value is -2.09. The second-order valence-corrected chi connectivity index (χ2v) is 4.68. The molecule has 0 N–H and O–H groups in total. The van der Waals surface area contributed by atoms with E-state index in [2.05, 4.69) is 44.2 Å². The molecule has 1 aliphatic heterocycles. The van der Waals surface area contributed by atoms with Gasteiger partial charge in [-0.15, -0.1) is 0 Å². The van der Waals surface area contributed by atoms with Crippen LogP contribution in [0.5, 0.6) is 5.75 Å². The number of fused-ring (bicyclic) bond motifs is 1. The lowest BCUT2D eigenvalue weighted by molar-refractivity contribution is 0.373. The Labute approximate surface area is 107 Å². The highest BCUT2D eigenvalue weighted by Gasteiger charge is 2.14. The van der Waals surface area contributed by atoms with Crippen LogP contribution in [0.4, 0.5) is 5.69 Å². The Morgan fingerprint density at radius 1 is 0.944 bits per heavy atom. The van der Waals surface area contributed by atoms with E-state index in [1.807, 2.05) is 12.1 Å². The van der Waals surface area contributed by atoms with Crippen LogP contribution in [0.25, 0.3) is 0 Å². The summed E-state index contributed by atoms with van der Waals surface area (Å²) in [6.45, 7) is 4.69. The van der Waals surface area contributed by atoms with E-state index in [0.717, 1.165) is 22.7 Å². The fraction of sp³-hybridized carbons (Fsp3) is 0.188. The van der Waals surface area contributed by atoms with Gasteiger partial charge in [-0.2, -0.15) is 0 Å². The van der Waals surface area contributed by atoms with Crippen molar-refractivity contribution in [3.63, 3.8) is 0 Å². The second-order valence-electron chi connectivity index (χ2n) is 4.68. The highest BCUT2D eigenvalue weighted by atomic mass is 16.5. The third-order valence-electron chi connectivity index (χ3n) is 3.12. The van der Waals surface area contributed by atoms with Gasteiger partial charge in [0.15, 0.2) is 0 Å². The average Bonchev–Trinajstić information content (AvgIpc) is 2.38. The Bertz CT molecular complexity index is 611. The fourth-order valence-corrected chi connectivity index (χ4v) is 2.05. The first-order chi connectivity index (χ1) is 8.72. The van der Waals surface area contributed by atoms with Crippen molar-refractivity contribution in [3.05, 3.63) is 59.2 Å². The van der Waals surface area contributed by atoms with E-state index in [0.29, 0.717) is 6.61 Å². The smallest absolute Gasteiger partial charge is 0.145 e. The molecule has 0 saturated carbocycles. The van der Waals surface area contributed by atoms with E-state index < -0.39 is 0 Å². The lowest BCUT2D eigenvalue weighted by atomic mass is 10.1. The Balaban J connectivity index is 2.02. The maximum absolute atomic E-state index is 5.74. The number of ether oxygens (including phenoxy) is 1. The largest absolute Gasteiger partial charge is 0.485 e. The molecule has 3 rings (SSSR count). The maximum atomic E-state index is 5.74. The molecule has 1 aliphatic rings. The summed E-state index contributed by atoms with van der Waals surface area (Å²) in [7, 11) is 0. The molecule has 2 aromatic rings. The van der Waals surface area contributed by atoms with Gasteiger partial charge in [0.2, 0.25) is 0 Å². The van der Waals surface area contributed by atoms with Crippen LogP contribution in [0.3, 0.4) is 0 Å². The molecule has 0 radical (unpaired) electrons. The number of benzene rings is 2. The third-order valence-corrected chi connectivity index (χ3v) is 3.12. The van der Waals surface area contributed by atoms with Crippen molar-refractivity contribution in [2.24, 2.45) is 4.99 Å². The van der Waals surface area contributed by atoms with Gasteiger partial charge in [-0.3, -0.25) is 0 Å². The van der Waals surface area contributed by atoms with Crippen molar-refractivity contribution >= 4 is 11.4 Å². The third kappa shape index (κ3) is 2.02. The average molecular weight is 237 g/mol. The first-order valence-corrected chi connectivity index (χ1v) is 6.10. The molecule has 2 nitrogen and oxygen atoms in total. The lowest BCUT2D eigenvalue weighted by Crippen LogP contribution is -2.16. The molecule has 0 aromatic heterocycles. The van der Waals surface area contributed by atoms with Crippen LogP contribution >= 0.6 is 0 Å². The van der Waals surface area contributed by atoms with E-state index in [-0.39, 0.29) is 0 Å². The molecule has 0 amide bonds. The maximum Gasteiger partial charge on any atom is 0.145 e. The van der Waals surface area contributed by atoms with Crippen molar-refractivity contribution in [1.29, 1.82) is 0 Å². The van der Waals surface area contributed by atoms with Crippen molar-refractivity contribution in [3.8, 4) is 5.75 Å². The van der Waals surface area contributed by atoms with Gasteiger partial charge in [0.1, 0.15) is 18.0 Å². The minimum atomic E-state index is 0.541. The van der Waals surface area contributed by atoms with Crippen molar-refractivity contribution in [2.45, 2.75) is 13.8 Å². The predicted octanol–water partition coefficient (Wildman–Crippen LogP) is 3.82.